The Balaban J connectivity index is 0.000000190. The number of ether oxygens (including phenoxy) is 2. The Kier molecular flexibility index (Phi) is 12.6. The minimum Gasteiger partial charge on any atom is -0.496 e. The van der Waals surface area contributed by atoms with Crippen LogP contribution in [0.1, 0.15) is 45.4 Å². The number of methoxy groups -OCH3 is 2. The van der Waals surface area contributed by atoms with Gasteiger partial charge in [-0.3, -0.25) is 25.0 Å². The lowest BCUT2D eigenvalue weighted by molar-refractivity contribution is 0.393. The number of aryl methyl sites for hydroxylation is 4. The monoisotopic (exact) mass is 845 g/mol. The molecule has 0 aliphatic rings. The molecular formula is C46H43N11O6. The molecule has 0 bridgehead atoms. The molecule has 0 aliphatic heterocycles. The second kappa shape index (κ2) is 18.6. The van der Waals surface area contributed by atoms with Crippen molar-refractivity contribution in [2.75, 3.05) is 14.2 Å². The van der Waals surface area contributed by atoms with Gasteiger partial charge in [-0.25, -0.2) is 0 Å². The number of pyridine rings is 4. The van der Waals surface area contributed by atoms with E-state index in [2.05, 4.69) is 36.7 Å². The first kappa shape index (κ1) is 42.8. The molecule has 8 rings (SSSR count). The zero-order valence-electron chi connectivity index (χ0n) is 35.5. The highest BCUT2D eigenvalue weighted by Crippen LogP contribution is 2.39. The van der Waals surface area contributed by atoms with E-state index < -0.39 is 0 Å². The smallest absolute Gasteiger partial charge is 0.255 e. The number of aromatic nitrogens is 6. The lowest BCUT2D eigenvalue weighted by Crippen LogP contribution is -2.26. The van der Waals surface area contributed by atoms with Crippen molar-refractivity contribution in [3.05, 3.63) is 151 Å². The third-order valence-corrected chi connectivity index (χ3v) is 10.5. The van der Waals surface area contributed by atoms with Gasteiger partial charge in [0, 0.05) is 53.2 Å². The summed E-state index contributed by atoms with van der Waals surface area (Å²) in [5.74, 6) is 7.51. The summed E-state index contributed by atoms with van der Waals surface area (Å²) in [6.07, 6.45) is 3.39. The van der Waals surface area contributed by atoms with Crippen LogP contribution in [-0.2, 0) is 25.9 Å². The lowest BCUT2D eigenvalue weighted by atomic mass is 9.99. The number of nitrogens with two attached hydrogens (primary N) is 1. The van der Waals surface area contributed by atoms with E-state index in [9.17, 15) is 14.9 Å². The fourth-order valence-electron chi connectivity index (χ4n) is 7.64. The normalized spacial score (nSPS) is 11.1. The number of amidine groups is 1. The average Bonchev–Trinajstić information content (AvgIpc) is 3.81. The summed E-state index contributed by atoms with van der Waals surface area (Å²) in [6, 6.07) is 24.3. The van der Waals surface area contributed by atoms with E-state index in [-0.39, 0.29) is 36.3 Å². The van der Waals surface area contributed by atoms with Gasteiger partial charge in [0.25, 0.3) is 11.1 Å². The summed E-state index contributed by atoms with van der Waals surface area (Å²) in [6.45, 7) is 7.97. The zero-order chi connectivity index (χ0) is 44.8. The van der Waals surface area contributed by atoms with Crippen LogP contribution < -0.4 is 26.4 Å². The second-order valence-electron chi connectivity index (χ2n) is 14.6. The van der Waals surface area contributed by atoms with E-state index in [4.69, 9.17) is 29.8 Å². The molecule has 0 amide bonds. The maximum atomic E-state index is 13.4. The van der Waals surface area contributed by atoms with E-state index in [0.717, 1.165) is 55.8 Å². The Morgan fingerprint density at radius 1 is 0.746 bits per heavy atom. The highest BCUT2D eigenvalue weighted by molar-refractivity contribution is 5.92. The van der Waals surface area contributed by atoms with E-state index in [1.54, 1.807) is 47.9 Å². The molecule has 17 heteroatoms. The van der Waals surface area contributed by atoms with Crippen molar-refractivity contribution in [3.63, 3.8) is 0 Å². The van der Waals surface area contributed by atoms with Gasteiger partial charge in [-0.2, -0.15) is 5.26 Å². The van der Waals surface area contributed by atoms with Crippen LogP contribution in [0.5, 0.6) is 11.5 Å². The molecule has 63 heavy (non-hydrogen) atoms. The largest absolute Gasteiger partial charge is 0.496 e. The highest BCUT2D eigenvalue weighted by atomic mass is 16.5. The molecule has 0 aliphatic carbocycles. The Hall–Kier alpha value is -8.26. The van der Waals surface area contributed by atoms with Crippen LogP contribution in [0.25, 0.3) is 44.1 Å². The van der Waals surface area contributed by atoms with Crippen molar-refractivity contribution in [1.82, 2.24) is 29.4 Å². The molecule has 318 valence electrons. The number of hydrogen-bond donors (Lipinski definition) is 2. The minimum atomic E-state index is -0.253. The molecule has 0 radical (unpaired) electrons. The molecule has 2 aromatic carbocycles. The molecule has 0 saturated carbocycles. The molecule has 17 nitrogen and oxygen atoms in total. The van der Waals surface area contributed by atoms with Crippen LogP contribution in [0.4, 0.5) is 0 Å². The molecule has 6 heterocycles. The zero-order valence-corrected chi connectivity index (χ0v) is 35.5. The molecule has 0 spiro atoms. The van der Waals surface area contributed by atoms with E-state index in [0.29, 0.717) is 51.7 Å². The number of rotatable bonds is 11. The predicted octanol–water partition coefficient (Wildman–Crippen LogP) is 7.36. The number of nitrogens with zero attached hydrogens (tertiary/aromatic N) is 9. The Labute approximate surface area is 360 Å². The van der Waals surface area contributed by atoms with Gasteiger partial charge in [-0.05, 0) is 87.0 Å². The molecule has 0 saturated heterocycles. The van der Waals surface area contributed by atoms with Crippen molar-refractivity contribution in [2.24, 2.45) is 16.2 Å². The minimum absolute atomic E-state index is 0.00955. The van der Waals surface area contributed by atoms with Gasteiger partial charge in [0.1, 0.15) is 28.9 Å². The molecule has 0 unspecified atom stereocenters. The fraction of sp³-hybridized carbons (Fsp3) is 0.217. The highest BCUT2D eigenvalue weighted by Gasteiger charge is 2.22. The van der Waals surface area contributed by atoms with Gasteiger partial charge in [0.2, 0.25) is 0 Å². The Bertz CT molecular complexity index is 3140. The van der Waals surface area contributed by atoms with Crippen molar-refractivity contribution in [1.29, 1.82) is 10.7 Å². The first-order valence-electron chi connectivity index (χ1n) is 19.7. The molecule has 0 fully saturated rings. The summed E-state index contributed by atoms with van der Waals surface area (Å²) in [7, 11) is 3.17. The van der Waals surface area contributed by atoms with Gasteiger partial charge in [-0.15, -0.1) is 5.11 Å². The fourth-order valence-corrected chi connectivity index (χ4v) is 7.64. The molecule has 8 aromatic rings. The number of benzene rings is 2. The van der Waals surface area contributed by atoms with Gasteiger partial charge in [-0.1, -0.05) is 27.7 Å². The van der Waals surface area contributed by atoms with Crippen LogP contribution in [-0.4, -0.2) is 49.5 Å². The second-order valence-corrected chi connectivity index (χ2v) is 14.6. The summed E-state index contributed by atoms with van der Waals surface area (Å²) >= 11 is 0. The topological polar surface area (TPSA) is 239 Å². The van der Waals surface area contributed by atoms with Crippen molar-refractivity contribution >= 4 is 27.6 Å². The molecule has 3 N–H and O–H groups in total. The SMILES string of the molecule is COc1cc2c(cc1-c1c(C)noc1C)cc(CC#N)c(=O)n2Cc1ccccn1.COc1cc2c(cc1-c1c(C)noc1C)cc(CC(=N)N=NN)c(=O)n2Cc1ccccn1. The first-order chi connectivity index (χ1) is 30.5. The quantitative estimate of drug-likeness (QED) is 0.0427. The molecule has 0 atom stereocenters. The van der Waals surface area contributed by atoms with E-state index in [1.165, 1.54) is 0 Å². The molecular weight excluding hydrogens is 803 g/mol. The summed E-state index contributed by atoms with van der Waals surface area (Å²) in [5.41, 5.74) is 8.04. The average molecular weight is 846 g/mol. The first-order valence-corrected chi connectivity index (χ1v) is 19.7. The van der Waals surface area contributed by atoms with Gasteiger partial charge < -0.3 is 33.5 Å². The standard InChI is InChI=1S/C23H23N7O3.C23H20N4O3/c1-13-22(14(2)33-28-13)18-9-15-8-16(10-21(24)27-29-25)23(31)30(19(15)11-20(18)32-3)12-17-6-4-5-7-26-17;1-14-22(15(2)30-26-14)19-11-17-10-16(7-8-24)23(28)27(20(17)12-21(19)29-3)13-18-6-4-5-9-25-18/h4-9,11H,10,12H2,1-3H3,(H3,24,25,27);4-6,9-12H,7,13H2,1-3H3. The Morgan fingerprint density at radius 3 is 1.62 bits per heavy atom. The van der Waals surface area contributed by atoms with Crippen LogP contribution in [0.3, 0.4) is 0 Å². The van der Waals surface area contributed by atoms with Crippen LogP contribution in [0, 0.1) is 44.4 Å². The summed E-state index contributed by atoms with van der Waals surface area (Å²) in [4.78, 5) is 35.2. The number of hydrogen-bond acceptors (Lipinski definition) is 13. The van der Waals surface area contributed by atoms with Crippen molar-refractivity contribution in [2.45, 2.75) is 53.6 Å². The van der Waals surface area contributed by atoms with E-state index >= 15 is 0 Å². The number of nitrogens with one attached hydrogen (secondary N) is 1. The lowest BCUT2D eigenvalue weighted by Gasteiger charge is -2.16. The maximum Gasteiger partial charge on any atom is 0.255 e. The maximum absolute atomic E-state index is 13.4. The third kappa shape index (κ3) is 8.82. The Morgan fingerprint density at radius 2 is 1.22 bits per heavy atom. The van der Waals surface area contributed by atoms with Gasteiger partial charge in [0.05, 0.1) is 84.7 Å². The van der Waals surface area contributed by atoms with Crippen molar-refractivity contribution < 1.29 is 18.5 Å². The van der Waals surface area contributed by atoms with E-state index in [1.807, 2.05) is 88.4 Å². The van der Waals surface area contributed by atoms with Gasteiger partial charge >= 0.3 is 0 Å². The number of fused-ring (bicyclic) bond motifs is 2. The summed E-state index contributed by atoms with van der Waals surface area (Å²) < 4.78 is 25.3. The third-order valence-electron chi connectivity index (χ3n) is 10.5. The summed E-state index contributed by atoms with van der Waals surface area (Å²) in [5, 5.41) is 33.6. The van der Waals surface area contributed by atoms with Crippen LogP contribution >= 0.6 is 0 Å². The van der Waals surface area contributed by atoms with Gasteiger partial charge in [0.15, 0.2) is 0 Å². The van der Waals surface area contributed by atoms with Crippen LogP contribution in [0.2, 0.25) is 0 Å². The van der Waals surface area contributed by atoms with Crippen LogP contribution in [0.15, 0.2) is 114 Å². The predicted molar refractivity (Wildman–Crippen MR) is 236 cm³/mol. The van der Waals surface area contributed by atoms with Crippen molar-refractivity contribution in [3.8, 4) is 39.8 Å². The number of nitriles is 1. The molecule has 6 aromatic heterocycles.